The fourth-order valence-corrected chi connectivity index (χ4v) is 3.25. The van der Waals surface area contributed by atoms with Gasteiger partial charge in [-0.25, -0.2) is 19.1 Å². The Bertz CT molecular complexity index is 1320. The van der Waals surface area contributed by atoms with E-state index in [2.05, 4.69) is 22.1 Å². The van der Waals surface area contributed by atoms with Crippen LogP contribution in [-0.4, -0.2) is 38.0 Å². The molecule has 0 atom stereocenters. The fraction of sp³-hybridized carbons (Fsp3) is 0.321. The monoisotopic (exact) mass is 489 g/mol. The van der Waals surface area contributed by atoms with Gasteiger partial charge < -0.3 is 14.6 Å². The Morgan fingerprint density at radius 3 is 2.14 bits per heavy atom. The van der Waals surface area contributed by atoms with Gasteiger partial charge in [0.15, 0.2) is 0 Å². The van der Waals surface area contributed by atoms with Crippen LogP contribution in [0.25, 0.3) is 11.3 Å². The Morgan fingerprint density at radius 2 is 1.50 bits per heavy atom. The summed E-state index contributed by atoms with van der Waals surface area (Å²) in [5.74, 6) is 6.19. The van der Waals surface area contributed by atoms with Crippen LogP contribution in [-0.2, 0) is 16.1 Å². The average molecular weight is 490 g/mol. The third-order valence-corrected chi connectivity index (χ3v) is 4.67. The third kappa shape index (κ3) is 6.96. The van der Waals surface area contributed by atoms with Crippen LogP contribution in [0.4, 0.5) is 15.5 Å². The van der Waals surface area contributed by atoms with Crippen LogP contribution in [0.5, 0.6) is 0 Å². The standard InChI is InChI=1S/C28H31N3O5/c1-27(2,3)35-25(33)30-24-29-17-23(31(24)26(34)36-28(4,5)6)22-14-10-9-12-20(22)16-15-19-11-7-8-13-21(19)18-32/h7-14,17,32H,18H2,1-6H3,(H,29,30,33). The van der Waals surface area contributed by atoms with Crippen molar-refractivity contribution in [2.45, 2.75) is 59.4 Å². The number of imidazole rings is 1. The zero-order valence-corrected chi connectivity index (χ0v) is 21.4. The van der Waals surface area contributed by atoms with Crippen LogP contribution in [0.1, 0.15) is 58.2 Å². The average Bonchev–Trinajstić information content (AvgIpc) is 3.18. The van der Waals surface area contributed by atoms with Gasteiger partial charge in [0.25, 0.3) is 0 Å². The van der Waals surface area contributed by atoms with Crippen molar-refractivity contribution in [3.63, 3.8) is 0 Å². The maximum Gasteiger partial charge on any atom is 0.421 e. The number of carbonyl (C=O) groups is 2. The molecule has 0 radical (unpaired) electrons. The number of aliphatic hydroxyl groups is 1. The molecule has 0 saturated heterocycles. The second kappa shape index (κ2) is 10.7. The number of nitrogens with one attached hydrogen (secondary N) is 1. The predicted molar refractivity (Wildman–Crippen MR) is 137 cm³/mol. The number of rotatable bonds is 3. The lowest BCUT2D eigenvalue weighted by molar-refractivity contribution is 0.0542. The number of ether oxygens (including phenoxy) is 2. The minimum absolute atomic E-state index is 0.0399. The van der Waals surface area contributed by atoms with Crippen LogP contribution in [0.3, 0.4) is 0 Å². The quantitative estimate of drug-likeness (QED) is 0.466. The highest BCUT2D eigenvalue weighted by Crippen LogP contribution is 2.28. The summed E-state index contributed by atoms with van der Waals surface area (Å²) in [7, 11) is 0. The second-order valence-electron chi connectivity index (χ2n) is 10.0. The number of carbonyl (C=O) groups excluding carboxylic acids is 2. The summed E-state index contributed by atoms with van der Waals surface area (Å²) in [6.07, 6.45) is 0.00584. The number of aromatic nitrogens is 2. The lowest BCUT2D eigenvalue weighted by Crippen LogP contribution is -2.31. The van der Waals surface area contributed by atoms with E-state index in [9.17, 15) is 14.7 Å². The zero-order valence-electron chi connectivity index (χ0n) is 21.4. The highest BCUT2D eigenvalue weighted by Gasteiger charge is 2.27. The highest BCUT2D eigenvalue weighted by atomic mass is 16.6. The summed E-state index contributed by atoms with van der Waals surface area (Å²) >= 11 is 0. The molecular formula is C28H31N3O5. The molecule has 8 heteroatoms. The maximum atomic E-state index is 13.2. The number of anilines is 1. The van der Waals surface area contributed by atoms with Crippen molar-refractivity contribution in [1.82, 2.24) is 9.55 Å². The van der Waals surface area contributed by atoms with E-state index < -0.39 is 23.4 Å². The van der Waals surface area contributed by atoms with E-state index in [0.29, 0.717) is 27.9 Å². The second-order valence-corrected chi connectivity index (χ2v) is 10.0. The normalized spacial score (nSPS) is 11.3. The van der Waals surface area contributed by atoms with Gasteiger partial charge in [-0.1, -0.05) is 48.2 Å². The first-order valence-electron chi connectivity index (χ1n) is 11.5. The Kier molecular flexibility index (Phi) is 7.86. The molecule has 0 aliphatic heterocycles. The molecule has 1 heterocycles. The molecule has 36 heavy (non-hydrogen) atoms. The van der Waals surface area contributed by atoms with Crippen molar-refractivity contribution in [3.05, 3.63) is 71.4 Å². The van der Waals surface area contributed by atoms with Gasteiger partial charge in [0.2, 0.25) is 5.95 Å². The molecule has 0 aliphatic rings. The van der Waals surface area contributed by atoms with Crippen LogP contribution in [0, 0.1) is 11.8 Å². The molecule has 2 N–H and O–H groups in total. The first-order valence-corrected chi connectivity index (χ1v) is 11.5. The molecule has 2 aromatic carbocycles. The number of hydrogen-bond donors (Lipinski definition) is 2. The van der Waals surface area contributed by atoms with E-state index in [1.54, 1.807) is 47.6 Å². The van der Waals surface area contributed by atoms with Crippen molar-refractivity contribution >= 4 is 18.1 Å². The summed E-state index contributed by atoms with van der Waals surface area (Å²) in [6, 6.07) is 14.6. The van der Waals surface area contributed by atoms with Crippen molar-refractivity contribution in [3.8, 4) is 23.1 Å². The van der Waals surface area contributed by atoms with E-state index in [0.717, 1.165) is 0 Å². The molecule has 0 fully saturated rings. The molecule has 3 aromatic rings. The van der Waals surface area contributed by atoms with Crippen molar-refractivity contribution < 1.29 is 24.2 Å². The summed E-state index contributed by atoms with van der Waals surface area (Å²) in [4.78, 5) is 29.9. The molecule has 0 saturated carbocycles. The third-order valence-electron chi connectivity index (χ3n) is 4.67. The minimum atomic E-state index is -0.783. The van der Waals surface area contributed by atoms with Gasteiger partial charge in [-0.3, -0.25) is 5.32 Å². The van der Waals surface area contributed by atoms with E-state index in [1.165, 1.54) is 10.8 Å². The molecule has 0 spiro atoms. The Hall–Kier alpha value is -4.09. The fourth-order valence-electron chi connectivity index (χ4n) is 3.25. The van der Waals surface area contributed by atoms with Gasteiger partial charge in [-0.15, -0.1) is 0 Å². The summed E-state index contributed by atoms with van der Waals surface area (Å²) in [5, 5.41) is 12.2. The summed E-state index contributed by atoms with van der Waals surface area (Å²) in [6.45, 7) is 10.3. The van der Waals surface area contributed by atoms with Crippen molar-refractivity contribution in [1.29, 1.82) is 0 Å². The van der Waals surface area contributed by atoms with Gasteiger partial charge in [0.05, 0.1) is 18.5 Å². The molecule has 8 nitrogen and oxygen atoms in total. The van der Waals surface area contributed by atoms with Crippen LogP contribution >= 0.6 is 0 Å². The number of benzene rings is 2. The topological polar surface area (TPSA) is 103 Å². The maximum absolute atomic E-state index is 13.2. The first-order chi connectivity index (χ1) is 16.9. The van der Waals surface area contributed by atoms with Crippen molar-refractivity contribution in [2.24, 2.45) is 0 Å². The largest absolute Gasteiger partial charge is 0.444 e. The van der Waals surface area contributed by atoms with Crippen LogP contribution < -0.4 is 5.32 Å². The van der Waals surface area contributed by atoms with Crippen LogP contribution in [0.15, 0.2) is 54.7 Å². The summed E-state index contributed by atoms with van der Waals surface area (Å²) < 4.78 is 12.1. The summed E-state index contributed by atoms with van der Waals surface area (Å²) in [5.41, 5.74) is 1.52. The predicted octanol–water partition coefficient (Wildman–Crippen LogP) is 5.57. The molecule has 0 bridgehead atoms. The zero-order chi connectivity index (χ0) is 26.5. The lowest BCUT2D eigenvalue weighted by atomic mass is 10.0. The molecule has 0 aliphatic carbocycles. The Labute approximate surface area is 211 Å². The smallest absolute Gasteiger partial charge is 0.421 e. The molecule has 188 valence electrons. The van der Waals surface area contributed by atoms with Crippen LogP contribution in [0.2, 0.25) is 0 Å². The number of nitrogens with zero attached hydrogens (tertiary/aromatic N) is 2. The van der Waals surface area contributed by atoms with E-state index in [4.69, 9.17) is 9.47 Å². The number of hydrogen-bond acceptors (Lipinski definition) is 6. The highest BCUT2D eigenvalue weighted by molar-refractivity contribution is 5.89. The number of amides is 1. The molecule has 1 amide bonds. The van der Waals surface area contributed by atoms with E-state index >= 15 is 0 Å². The Morgan fingerprint density at radius 1 is 0.917 bits per heavy atom. The molecule has 0 unspecified atom stereocenters. The van der Waals surface area contributed by atoms with Gasteiger partial charge >= 0.3 is 12.2 Å². The van der Waals surface area contributed by atoms with Gasteiger partial charge in [-0.2, -0.15) is 0 Å². The SMILES string of the molecule is CC(C)(C)OC(=O)Nc1ncc(-c2ccccc2C#Cc2ccccc2CO)n1C(=O)OC(C)(C)C. The molecule has 3 rings (SSSR count). The molecular weight excluding hydrogens is 458 g/mol. The van der Waals surface area contributed by atoms with E-state index in [1.807, 2.05) is 42.5 Å². The van der Waals surface area contributed by atoms with Crippen molar-refractivity contribution in [2.75, 3.05) is 5.32 Å². The van der Waals surface area contributed by atoms with Gasteiger partial charge in [0.1, 0.15) is 11.2 Å². The number of aliphatic hydroxyl groups excluding tert-OH is 1. The molecule has 1 aromatic heterocycles. The van der Waals surface area contributed by atoms with Gasteiger partial charge in [-0.05, 0) is 59.2 Å². The lowest BCUT2D eigenvalue weighted by Gasteiger charge is -2.22. The Balaban J connectivity index is 2.09. The minimum Gasteiger partial charge on any atom is -0.444 e. The van der Waals surface area contributed by atoms with E-state index in [-0.39, 0.29) is 12.6 Å². The first kappa shape index (κ1) is 26.5. The van der Waals surface area contributed by atoms with Gasteiger partial charge in [0, 0.05) is 16.7 Å².